The summed E-state index contributed by atoms with van der Waals surface area (Å²) in [4.78, 5) is 2.22. The molecule has 0 bridgehead atoms. The SMILES string of the molecule is C=C1CCN2C[C@H](F)C[C@@]12C. The Kier molecular flexibility index (Phi) is 1.37. The first-order chi connectivity index (χ1) is 5.13. The van der Waals surface area contributed by atoms with E-state index in [1.165, 1.54) is 5.57 Å². The van der Waals surface area contributed by atoms with E-state index in [0.717, 1.165) is 13.0 Å². The van der Waals surface area contributed by atoms with Gasteiger partial charge < -0.3 is 0 Å². The smallest absolute Gasteiger partial charge is 0.115 e. The molecule has 0 spiro atoms. The summed E-state index contributed by atoms with van der Waals surface area (Å²) in [6.07, 6.45) is 1.09. The molecule has 2 fully saturated rings. The van der Waals surface area contributed by atoms with Crippen molar-refractivity contribution < 1.29 is 4.39 Å². The van der Waals surface area contributed by atoms with Crippen LogP contribution in [0.1, 0.15) is 19.8 Å². The number of hydrogen-bond donors (Lipinski definition) is 0. The maximum atomic E-state index is 13.0. The molecule has 2 rings (SSSR count). The van der Waals surface area contributed by atoms with Crippen molar-refractivity contribution in [1.82, 2.24) is 4.90 Å². The molecule has 0 aliphatic carbocycles. The molecule has 0 aromatic carbocycles. The molecule has 0 amide bonds. The quantitative estimate of drug-likeness (QED) is 0.482. The maximum Gasteiger partial charge on any atom is 0.115 e. The summed E-state index contributed by atoms with van der Waals surface area (Å²) in [7, 11) is 0. The van der Waals surface area contributed by atoms with Gasteiger partial charge in [0.15, 0.2) is 0 Å². The molecule has 2 saturated heterocycles. The lowest BCUT2D eigenvalue weighted by atomic mass is 9.92. The molecule has 0 radical (unpaired) electrons. The average molecular weight is 155 g/mol. The van der Waals surface area contributed by atoms with Gasteiger partial charge in [-0.1, -0.05) is 12.2 Å². The van der Waals surface area contributed by atoms with Gasteiger partial charge in [0.25, 0.3) is 0 Å². The van der Waals surface area contributed by atoms with Crippen LogP contribution >= 0.6 is 0 Å². The minimum Gasteiger partial charge on any atom is -0.291 e. The van der Waals surface area contributed by atoms with Crippen LogP contribution in [-0.2, 0) is 0 Å². The summed E-state index contributed by atoms with van der Waals surface area (Å²) in [6, 6.07) is 0. The summed E-state index contributed by atoms with van der Waals surface area (Å²) < 4.78 is 13.0. The van der Waals surface area contributed by atoms with Crippen LogP contribution in [0.3, 0.4) is 0 Å². The lowest BCUT2D eigenvalue weighted by Crippen LogP contribution is -2.35. The second kappa shape index (κ2) is 2.07. The summed E-state index contributed by atoms with van der Waals surface area (Å²) in [6.45, 7) is 7.74. The van der Waals surface area contributed by atoms with Gasteiger partial charge in [-0.25, -0.2) is 4.39 Å². The molecule has 11 heavy (non-hydrogen) atoms. The lowest BCUT2D eigenvalue weighted by Gasteiger charge is -2.27. The first-order valence-corrected chi connectivity index (χ1v) is 4.20. The Morgan fingerprint density at radius 1 is 1.73 bits per heavy atom. The number of nitrogens with zero attached hydrogens (tertiary/aromatic N) is 1. The lowest BCUT2D eigenvalue weighted by molar-refractivity contribution is 0.240. The maximum absolute atomic E-state index is 13.0. The highest BCUT2D eigenvalue weighted by Gasteiger charge is 2.47. The van der Waals surface area contributed by atoms with Crippen LogP contribution in [0.4, 0.5) is 4.39 Å². The third kappa shape index (κ3) is 0.853. The minimum absolute atomic E-state index is 0.000579. The van der Waals surface area contributed by atoms with E-state index in [0.29, 0.717) is 13.0 Å². The molecule has 2 aliphatic heterocycles. The van der Waals surface area contributed by atoms with Crippen molar-refractivity contribution in [3.05, 3.63) is 12.2 Å². The van der Waals surface area contributed by atoms with E-state index in [1.807, 2.05) is 0 Å². The molecule has 0 aromatic rings. The average Bonchev–Trinajstić information content (AvgIpc) is 2.32. The van der Waals surface area contributed by atoms with Gasteiger partial charge in [-0.3, -0.25) is 4.90 Å². The topological polar surface area (TPSA) is 3.24 Å². The molecular formula is C9H14FN. The summed E-state index contributed by atoms with van der Waals surface area (Å²) in [5, 5.41) is 0. The van der Waals surface area contributed by atoms with Crippen molar-refractivity contribution in [1.29, 1.82) is 0 Å². The number of alkyl halides is 1. The molecule has 0 aromatic heterocycles. The van der Waals surface area contributed by atoms with Crippen LogP contribution in [0, 0.1) is 0 Å². The van der Waals surface area contributed by atoms with Crippen LogP contribution in [0.15, 0.2) is 12.2 Å². The predicted molar refractivity (Wildman–Crippen MR) is 43.2 cm³/mol. The van der Waals surface area contributed by atoms with Gasteiger partial charge in [-0.15, -0.1) is 0 Å². The summed E-state index contributed by atoms with van der Waals surface area (Å²) >= 11 is 0. The van der Waals surface area contributed by atoms with E-state index < -0.39 is 6.17 Å². The molecule has 62 valence electrons. The predicted octanol–water partition coefficient (Wildman–Crippen LogP) is 1.75. The minimum atomic E-state index is -0.628. The summed E-state index contributed by atoms with van der Waals surface area (Å²) in [5.74, 6) is 0. The van der Waals surface area contributed by atoms with Crippen molar-refractivity contribution in [2.45, 2.75) is 31.5 Å². The van der Waals surface area contributed by atoms with Crippen molar-refractivity contribution >= 4 is 0 Å². The van der Waals surface area contributed by atoms with Crippen LogP contribution < -0.4 is 0 Å². The molecule has 1 nitrogen and oxygen atoms in total. The highest BCUT2D eigenvalue weighted by molar-refractivity contribution is 5.24. The Morgan fingerprint density at radius 2 is 2.45 bits per heavy atom. The molecule has 0 unspecified atom stereocenters. The largest absolute Gasteiger partial charge is 0.291 e. The monoisotopic (exact) mass is 155 g/mol. The third-order valence-corrected chi connectivity index (χ3v) is 3.18. The van der Waals surface area contributed by atoms with Gasteiger partial charge in [-0.05, 0) is 13.3 Å². The Hall–Kier alpha value is -0.370. The second-order valence-corrected chi connectivity index (χ2v) is 3.87. The fraction of sp³-hybridized carbons (Fsp3) is 0.778. The molecule has 2 atom stereocenters. The van der Waals surface area contributed by atoms with Gasteiger partial charge in [-0.2, -0.15) is 0 Å². The van der Waals surface area contributed by atoms with E-state index in [2.05, 4.69) is 18.4 Å². The van der Waals surface area contributed by atoms with E-state index in [-0.39, 0.29) is 5.54 Å². The van der Waals surface area contributed by atoms with Crippen molar-refractivity contribution in [3.63, 3.8) is 0 Å². The van der Waals surface area contributed by atoms with Crippen molar-refractivity contribution in [3.8, 4) is 0 Å². The molecule has 0 saturated carbocycles. The Labute approximate surface area is 66.9 Å². The van der Waals surface area contributed by atoms with Crippen molar-refractivity contribution in [2.75, 3.05) is 13.1 Å². The fourth-order valence-corrected chi connectivity index (χ4v) is 2.31. The summed E-state index contributed by atoms with van der Waals surface area (Å²) in [5.41, 5.74) is 1.22. The zero-order valence-electron chi connectivity index (χ0n) is 6.94. The molecular weight excluding hydrogens is 141 g/mol. The molecule has 2 aliphatic rings. The Bertz CT molecular complexity index is 202. The van der Waals surface area contributed by atoms with Gasteiger partial charge in [0.2, 0.25) is 0 Å². The molecule has 2 heteroatoms. The van der Waals surface area contributed by atoms with Gasteiger partial charge in [0.05, 0.1) is 0 Å². The number of halogens is 1. The molecule has 0 N–H and O–H groups in total. The zero-order valence-corrected chi connectivity index (χ0v) is 6.94. The van der Waals surface area contributed by atoms with E-state index in [4.69, 9.17) is 0 Å². The number of rotatable bonds is 0. The zero-order chi connectivity index (χ0) is 8.06. The first-order valence-electron chi connectivity index (χ1n) is 4.20. The highest BCUT2D eigenvalue weighted by atomic mass is 19.1. The first kappa shape index (κ1) is 7.29. The van der Waals surface area contributed by atoms with E-state index in [9.17, 15) is 4.39 Å². The van der Waals surface area contributed by atoms with Gasteiger partial charge >= 0.3 is 0 Å². The Balaban J connectivity index is 2.26. The molecule has 2 heterocycles. The standard InChI is InChI=1S/C9H14FN/c1-7-3-4-11-6-8(10)5-9(7,11)2/h8H,1,3-6H2,2H3/t8-,9+/m1/s1. The highest BCUT2D eigenvalue weighted by Crippen LogP contribution is 2.42. The van der Waals surface area contributed by atoms with Gasteiger partial charge in [0.1, 0.15) is 6.17 Å². The van der Waals surface area contributed by atoms with E-state index in [1.54, 1.807) is 0 Å². The van der Waals surface area contributed by atoms with Crippen LogP contribution in [0.5, 0.6) is 0 Å². The fourth-order valence-electron chi connectivity index (χ4n) is 2.31. The number of hydrogen-bond acceptors (Lipinski definition) is 1. The second-order valence-electron chi connectivity index (χ2n) is 3.87. The number of fused-ring (bicyclic) bond motifs is 1. The van der Waals surface area contributed by atoms with Crippen LogP contribution in [-0.4, -0.2) is 29.7 Å². The van der Waals surface area contributed by atoms with Crippen LogP contribution in [0.25, 0.3) is 0 Å². The normalized spacial score (nSPS) is 44.9. The Morgan fingerprint density at radius 3 is 3.09 bits per heavy atom. The van der Waals surface area contributed by atoms with E-state index >= 15 is 0 Å². The van der Waals surface area contributed by atoms with Crippen LogP contribution in [0.2, 0.25) is 0 Å². The van der Waals surface area contributed by atoms with Crippen molar-refractivity contribution in [2.24, 2.45) is 0 Å². The van der Waals surface area contributed by atoms with Gasteiger partial charge in [0, 0.05) is 25.0 Å². The third-order valence-electron chi connectivity index (χ3n) is 3.18.